The molecule has 1 aromatic carbocycles. The van der Waals surface area contributed by atoms with Gasteiger partial charge < -0.3 is 16.4 Å². The van der Waals surface area contributed by atoms with Gasteiger partial charge in [-0.2, -0.15) is 0 Å². The van der Waals surface area contributed by atoms with E-state index in [0.717, 1.165) is 19.3 Å². The average Bonchev–Trinajstić information content (AvgIpc) is 2.51. The van der Waals surface area contributed by atoms with Gasteiger partial charge >= 0.3 is 0 Å². The van der Waals surface area contributed by atoms with Crippen LogP contribution in [-0.2, 0) is 4.79 Å². The first-order valence-corrected chi connectivity index (χ1v) is 7.96. The van der Waals surface area contributed by atoms with Crippen LogP contribution in [0.5, 0.6) is 0 Å². The number of rotatable bonds is 8. The highest BCUT2D eigenvalue weighted by Crippen LogP contribution is 2.22. The summed E-state index contributed by atoms with van der Waals surface area (Å²) < 4.78 is 0. The van der Waals surface area contributed by atoms with Gasteiger partial charge in [0.25, 0.3) is 5.91 Å². The Morgan fingerprint density at radius 1 is 1.27 bits per heavy atom. The van der Waals surface area contributed by atoms with Gasteiger partial charge in [-0.3, -0.25) is 9.59 Å². The van der Waals surface area contributed by atoms with Gasteiger partial charge in [0, 0.05) is 18.2 Å². The van der Waals surface area contributed by atoms with Crippen molar-refractivity contribution >= 4 is 35.0 Å². The number of hydrogen-bond donors (Lipinski definition) is 3. The third-order valence-electron chi connectivity index (χ3n) is 3.15. The molecule has 0 saturated carbocycles. The number of carbonyl (C=O) groups excluding carboxylic acids is 2. The first-order chi connectivity index (χ1) is 10.5. The number of amides is 2. The summed E-state index contributed by atoms with van der Waals surface area (Å²) in [6, 6.07) is 4.48. The minimum atomic E-state index is -0.383. The van der Waals surface area contributed by atoms with Gasteiger partial charge in [0.2, 0.25) is 5.91 Å². The number of benzene rings is 1. The van der Waals surface area contributed by atoms with E-state index in [0.29, 0.717) is 22.2 Å². The standard InChI is InChI=1S/C15H21Cl2N3O2/c1-2-3-4-11(8-18)20-14(21)9-19-15(22)10-5-6-12(16)13(17)7-10/h5-7,11H,2-4,8-9,18H2,1H3,(H,19,22)(H,20,21). The summed E-state index contributed by atoms with van der Waals surface area (Å²) in [6.07, 6.45) is 2.87. The fraction of sp³-hybridized carbons (Fsp3) is 0.467. The second-order valence-corrected chi connectivity index (χ2v) is 5.77. The van der Waals surface area contributed by atoms with Crippen molar-refractivity contribution in [3.8, 4) is 0 Å². The Bertz CT molecular complexity index is 524. The zero-order valence-electron chi connectivity index (χ0n) is 12.5. The van der Waals surface area contributed by atoms with Crippen LogP contribution in [0.3, 0.4) is 0 Å². The zero-order valence-corrected chi connectivity index (χ0v) is 14.0. The first kappa shape index (κ1) is 18.7. The fourth-order valence-electron chi connectivity index (χ4n) is 1.88. The van der Waals surface area contributed by atoms with Gasteiger partial charge in [0.15, 0.2) is 0 Å². The van der Waals surface area contributed by atoms with Crippen molar-refractivity contribution in [1.29, 1.82) is 0 Å². The average molecular weight is 346 g/mol. The molecule has 0 aliphatic carbocycles. The molecule has 5 nitrogen and oxygen atoms in total. The van der Waals surface area contributed by atoms with Gasteiger partial charge in [-0.1, -0.05) is 43.0 Å². The Balaban J connectivity index is 2.45. The van der Waals surface area contributed by atoms with Crippen LogP contribution in [0.1, 0.15) is 36.5 Å². The Hall–Kier alpha value is -1.30. The van der Waals surface area contributed by atoms with Gasteiger partial charge in [-0.05, 0) is 24.6 Å². The van der Waals surface area contributed by atoms with Crippen LogP contribution < -0.4 is 16.4 Å². The van der Waals surface area contributed by atoms with E-state index in [9.17, 15) is 9.59 Å². The Morgan fingerprint density at radius 3 is 2.59 bits per heavy atom. The van der Waals surface area contributed by atoms with Crippen LogP contribution in [0.15, 0.2) is 18.2 Å². The summed E-state index contributed by atoms with van der Waals surface area (Å²) in [7, 11) is 0. The van der Waals surface area contributed by atoms with Crippen LogP contribution in [0, 0.1) is 0 Å². The lowest BCUT2D eigenvalue weighted by Gasteiger charge is -2.16. The maximum absolute atomic E-state index is 11.9. The minimum absolute atomic E-state index is 0.0608. The lowest BCUT2D eigenvalue weighted by molar-refractivity contribution is -0.120. The van der Waals surface area contributed by atoms with Gasteiger partial charge in [0.1, 0.15) is 0 Å². The van der Waals surface area contributed by atoms with Crippen molar-refractivity contribution in [2.24, 2.45) is 5.73 Å². The van der Waals surface area contributed by atoms with Crippen molar-refractivity contribution in [1.82, 2.24) is 10.6 Å². The molecule has 0 aromatic heterocycles. The summed E-state index contributed by atoms with van der Waals surface area (Å²) in [6.45, 7) is 2.35. The molecule has 7 heteroatoms. The summed E-state index contributed by atoms with van der Waals surface area (Å²) >= 11 is 11.6. The quantitative estimate of drug-likeness (QED) is 0.676. The molecule has 1 atom stereocenters. The van der Waals surface area contributed by atoms with E-state index in [2.05, 4.69) is 17.6 Å². The van der Waals surface area contributed by atoms with Gasteiger partial charge in [0.05, 0.1) is 16.6 Å². The summed E-state index contributed by atoms with van der Waals surface area (Å²) in [5.74, 6) is -0.647. The highest BCUT2D eigenvalue weighted by Gasteiger charge is 2.12. The molecule has 0 bridgehead atoms. The molecular formula is C15H21Cl2N3O2. The summed E-state index contributed by atoms with van der Waals surface area (Å²) in [5.41, 5.74) is 5.96. The molecule has 0 fully saturated rings. The topological polar surface area (TPSA) is 84.2 Å². The van der Waals surface area contributed by atoms with E-state index >= 15 is 0 Å². The minimum Gasteiger partial charge on any atom is -0.351 e. The van der Waals surface area contributed by atoms with E-state index in [1.165, 1.54) is 12.1 Å². The van der Waals surface area contributed by atoms with Crippen molar-refractivity contribution in [3.63, 3.8) is 0 Å². The zero-order chi connectivity index (χ0) is 16.5. The third-order valence-corrected chi connectivity index (χ3v) is 3.89. The van der Waals surface area contributed by atoms with E-state index in [1.54, 1.807) is 6.07 Å². The molecule has 1 rings (SSSR count). The van der Waals surface area contributed by atoms with E-state index in [-0.39, 0.29) is 24.4 Å². The van der Waals surface area contributed by atoms with Crippen LogP contribution in [-0.4, -0.2) is 30.9 Å². The number of carbonyl (C=O) groups is 2. The number of nitrogens with two attached hydrogens (primary N) is 1. The highest BCUT2D eigenvalue weighted by molar-refractivity contribution is 6.42. The van der Waals surface area contributed by atoms with Crippen LogP contribution in [0.4, 0.5) is 0 Å². The number of unbranched alkanes of at least 4 members (excludes halogenated alkanes) is 1. The number of halogens is 2. The Labute approximate surface area is 140 Å². The van der Waals surface area contributed by atoms with Crippen LogP contribution >= 0.6 is 23.2 Å². The summed E-state index contributed by atoms with van der Waals surface area (Å²) in [5, 5.41) is 6.01. The second-order valence-electron chi connectivity index (χ2n) is 4.95. The molecule has 0 aliphatic heterocycles. The maximum Gasteiger partial charge on any atom is 0.251 e. The Kier molecular flexibility index (Phi) is 8.24. The molecule has 1 aromatic rings. The molecule has 0 aliphatic rings. The van der Waals surface area contributed by atoms with Crippen LogP contribution in [0.2, 0.25) is 10.0 Å². The molecule has 0 radical (unpaired) electrons. The molecule has 1 unspecified atom stereocenters. The highest BCUT2D eigenvalue weighted by atomic mass is 35.5. The van der Waals surface area contributed by atoms with Crippen LogP contribution in [0.25, 0.3) is 0 Å². The van der Waals surface area contributed by atoms with Crippen molar-refractivity contribution in [3.05, 3.63) is 33.8 Å². The van der Waals surface area contributed by atoms with Gasteiger partial charge in [-0.25, -0.2) is 0 Å². The monoisotopic (exact) mass is 345 g/mol. The number of hydrogen-bond acceptors (Lipinski definition) is 3. The van der Waals surface area contributed by atoms with E-state index in [4.69, 9.17) is 28.9 Å². The lowest BCUT2D eigenvalue weighted by Crippen LogP contribution is -2.45. The Morgan fingerprint density at radius 2 is 2.00 bits per heavy atom. The van der Waals surface area contributed by atoms with Crippen molar-refractivity contribution in [2.75, 3.05) is 13.1 Å². The maximum atomic E-state index is 11.9. The fourth-order valence-corrected chi connectivity index (χ4v) is 2.18. The molecule has 0 spiro atoms. The molecule has 2 amide bonds. The largest absolute Gasteiger partial charge is 0.351 e. The molecule has 22 heavy (non-hydrogen) atoms. The predicted octanol–water partition coefficient (Wildman–Crippen LogP) is 2.36. The molecule has 122 valence electrons. The third kappa shape index (κ3) is 6.22. The SMILES string of the molecule is CCCCC(CN)NC(=O)CNC(=O)c1ccc(Cl)c(Cl)c1. The first-order valence-electron chi connectivity index (χ1n) is 7.20. The smallest absolute Gasteiger partial charge is 0.251 e. The molecular weight excluding hydrogens is 325 g/mol. The summed E-state index contributed by atoms with van der Waals surface area (Å²) in [4.78, 5) is 23.7. The van der Waals surface area contributed by atoms with Crippen molar-refractivity contribution < 1.29 is 9.59 Å². The van der Waals surface area contributed by atoms with Gasteiger partial charge in [-0.15, -0.1) is 0 Å². The van der Waals surface area contributed by atoms with Crippen molar-refractivity contribution in [2.45, 2.75) is 32.2 Å². The second kappa shape index (κ2) is 9.66. The normalized spacial score (nSPS) is 11.8. The molecule has 0 saturated heterocycles. The number of nitrogens with one attached hydrogen (secondary N) is 2. The predicted molar refractivity (Wildman–Crippen MR) is 89.3 cm³/mol. The van der Waals surface area contributed by atoms with E-state index in [1.807, 2.05) is 0 Å². The molecule has 0 heterocycles. The lowest BCUT2D eigenvalue weighted by atomic mass is 10.1. The van der Waals surface area contributed by atoms with E-state index < -0.39 is 0 Å². The molecule has 4 N–H and O–H groups in total.